The summed E-state index contributed by atoms with van der Waals surface area (Å²) >= 11 is 0. The molecule has 1 rings (SSSR count). The van der Waals surface area contributed by atoms with E-state index in [9.17, 15) is 0 Å². The molecule has 0 radical (unpaired) electrons. The third kappa shape index (κ3) is 6.67. The zero-order valence-electron chi connectivity index (χ0n) is 9.98. The molecule has 0 bridgehead atoms. The summed E-state index contributed by atoms with van der Waals surface area (Å²) in [6.07, 6.45) is 1.13. The van der Waals surface area contributed by atoms with Crippen LogP contribution in [0.2, 0.25) is 0 Å². The summed E-state index contributed by atoms with van der Waals surface area (Å²) in [6, 6.07) is 8.92. The fourth-order valence-corrected chi connectivity index (χ4v) is 1.24. The molecule has 0 amide bonds. The summed E-state index contributed by atoms with van der Waals surface area (Å²) < 4.78 is 0. The standard InChI is InChI=1S/C12H18.2ClH.Mg/c1-5-10-6-8-11(9-7-10)12(2,3)4;;;/h6-9H,5H2,1-4H3;2*1H;/q;;;+2/p-2. The molecule has 0 aliphatic rings. The van der Waals surface area contributed by atoms with Crippen molar-refractivity contribution in [1.29, 1.82) is 0 Å². The van der Waals surface area contributed by atoms with Gasteiger partial charge in [0, 0.05) is 0 Å². The van der Waals surface area contributed by atoms with Crippen LogP contribution in [-0.2, 0) is 11.8 Å². The zero-order valence-corrected chi connectivity index (χ0v) is 12.9. The van der Waals surface area contributed by atoms with Gasteiger partial charge in [0.15, 0.2) is 0 Å². The SMILES string of the molecule is CCc1ccc(C(C)(C)C)cc1.[Cl-].[Cl-].[Mg+2]. The van der Waals surface area contributed by atoms with Gasteiger partial charge in [0.2, 0.25) is 0 Å². The molecular formula is C12H18Cl2Mg. The smallest absolute Gasteiger partial charge is 1.00 e. The van der Waals surface area contributed by atoms with E-state index in [-0.39, 0.29) is 53.3 Å². The van der Waals surface area contributed by atoms with Crippen molar-refractivity contribution in [3.8, 4) is 0 Å². The first kappa shape index (κ1) is 20.9. The predicted molar refractivity (Wildman–Crippen MR) is 60.3 cm³/mol. The number of rotatable bonds is 1. The van der Waals surface area contributed by atoms with Crippen molar-refractivity contribution in [1.82, 2.24) is 0 Å². The van der Waals surface area contributed by atoms with Gasteiger partial charge in [-0.1, -0.05) is 52.0 Å². The van der Waals surface area contributed by atoms with Gasteiger partial charge >= 0.3 is 23.1 Å². The molecule has 0 aliphatic carbocycles. The number of benzene rings is 1. The number of aryl methyl sites for hydroxylation is 1. The van der Waals surface area contributed by atoms with Crippen molar-refractivity contribution < 1.29 is 24.8 Å². The molecule has 0 aromatic heterocycles. The van der Waals surface area contributed by atoms with Crippen molar-refractivity contribution >= 4 is 23.1 Å². The molecule has 0 heterocycles. The van der Waals surface area contributed by atoms with Crippen LogP contribution in [0.1, 0.15) is 38.8 Å². The van der Waals surface area contributed by atoms with E-state index < -0.39 is 0 Å². The first-order valence-corrected chi connectivity index (χ1v) is 4.63. The maximum atomic E-state index is 2.24. The van der Waals surface area contributed by atoms with E-state index in [2.05, 4.69) is 52.0 Å². The van der Waals surface area contributed by atoms with Gasteiger partial charge in [0.1, 0.15) is 0 Å². The van der Waals surface area contributed by atoms with E-state index >= 15 is 0 Å². The summed E-state index contributed by atoms with van der Waals surface area (Å²) in [5.41, 5.74) is 3.12. The third-order valence-corrected chi connectivity index (χ3v) is 2.23. The van der Waals surface area contributed by atoms with Crippen LogP contribution in [-0.4, -0.2) is 23.1 Å². The first-order chi connectivity index (χ1) is 5.54. The molecule has 0 N–H and O–H groups in total. The van der Waals surface area contributed by atoms with Crippen molar-refractivity contribution in [2.75, 3.05) is 0 Å². The largest absolute Gasteiger partial charge is 2.00 e. The van der Waals surface area contributed by atoms with Crippen LogP contribution in [0.15, 0.2) is 24.3 Å². The molecule has 3 heteroatoms. The Hall–Kier alpha value is 0.566. The van der Waals surface area contributed by atoms with E-state index in [1.165, 1.54) is 11.1 Å². The average Bonchev–Trinajstić information content (AvgIpc) is 2.03. The summed E-state index contributed by atoms with van der Waals surface area (Å²) in [5, 5.41) is 0. The second-order valence-electron chi connectivity index (χ2n) is 4.30. The molecular weight excluding hydrogens is 239 g/mol. The van der Waals surface area contributed by atoms with Crippen LogP contribution in [0, 0.1) is 0 Å². The van der Waals surface area contributed by atoms with Gasteiger partial charge in [-0.3, -0.25) is 0 Å². The summed E-state index contributed by atoms with van der Waals surface area (Å²) in [4.78, 5) is 0. The van der Waals surface area contributed by atoms with E-state index in [0.717, 1.165) is 6.42 Å². The zero-order chi connectivity index (χ0) is 9.19. The molecule has 0 nitrogen and oxygen atoms in total. The normalized spacial score (nSPS) is 9.33. The Morgan fingerprint density at radius 1 is 0.933 bits per heavy atom. The Labute approximate surface area is 122 Å². The van der Waals surface area contributed by atoms with E-state index in [4.69, 9.17) is 0 Å². The van der Waals surface area contributed by atoms with E-state index in [0.29, 0.717) is 0 Å². The van der Waals surface area contributed by atoms with Gasteiger partial charge in [-0.2, -0.15) is 0 Å². The van der Waals surface area contributed by atoms with Crippen LogP contribution >= 0.6 is 0 Å². The van der Waals surface area contributed by atoms with Gasteiger partial charge in [-0.05, 0) is 23.0 Å². The molecule has 1 aromatic rings. The van der Waals surface area contributed by atoms with E-state index in [1.807, 2.05) is 0 Å². The fourth-order valence-electron chi connectivity index (χ4n) is 1.24. The average molecular weight is 257 g/mol. The molecule has 1 aromatic carbocycles. The third-order valence-electron chi connectivity index (χ3n) is 2.23. The minimum atomic E-state index is 0. The monoisotopic (exact) mass is 256 g/mol. The Morgan fingerprint density at radius 2 is 1.33 bits per heavy atom. The van der Waals surface area contributed by atoms with Crippen LogP contribution in [0.3, 0.4) is 0 Å². The Morgan fingerprint density at radius 3 is 1.60 bits per heavy atom. The van der Waals surface area contributed by atoms with Crippen LogP contribution in [0.5, 0.6) is 0 Å². The van der Waals surface area contributed by atoms with Gasteiger partial charge in [-0.25, -0.2) is 0 Å². The predicted octanol–water partition coefficient (Wildman–Crippen LogP) is -2.83. The van der Waals surface area contributed by atoms with Crippen molar-refractivity contribution in [2.24, 2.45) is 0 Å². The molecule has 0 saturated carbocycles. The van der Waals surface area contributed by atoms with Crippen molar-refractivity contribution in [3.63, 3.8) is 0 Å². The molecule has 0 unspecified atom stereocenters. The molecule has 0 aliphatic heterocycles. The maximum Gasteiger partial charge on any atom is 2.00 e. The maximum absolute atomic E-state index is 2.24. The van der Waals surface area contributed by atoms with Gasteiger partial charge < -0.3 is 24.8 Å². The molecule has 0 spiro atoms. The second-order valence-corrected chi connectivity index (χ2v) is 4.30. The summed E-state index contributed by atoms with van der Waals surface area (Å²) in [7, 11) is 0. The van der Waals surface area contributed by atoms with E-state index in [1.54, 1.807) is 0 Å². The van der Waals surface area contributed by atoms with Gasteiger partial charge in [0.05, 0.1) is 0 Å². The van der Waals surface area contributed by atoms with Gasteiger partial charge in [0.25, 0.3) is 0 Å². The number of hydrogen-bond acceptors (Lipinski definition) is 0. The minimum absolute atomic E-state index is 0. The Kier molecular flexibility index (Phi) is 12.1. The summed E-state index contributed by atoms with van der Waals surface area (Å²) in [5.74, 6) is 0. The number of halogens is 2. The van der Waals surface area contributed by atoms with Crippen LogP contribution in [0.4, 0.5) is 0 Å². The number of hydrogen-bond donors (Lipinski definition) is 0. The fraction of sp³-hybridized carbons (Fsp3) is 0.500. The summed E-state index contributed by atoms with van der Waals surface area (Å²) in [6.45, 7) is 8.92. The molecule has 0 fully saturated rings. The van der Waals surface area contributed by atoms with Crippen LogP contribution in [0.25, 0.3) is 0 Å². The van der Waals surface area contributed by atoms with Gasteiger partial charge in [-0.15, -0.1) is 0 Å². The molecule has 0 atom stereocenters. The minimum Gasteiger partial charge on any atom is -1.00 e. The molecule has 0 saturated heterocycles. The van der Waals surface area contributed by atoms with Crippen molar-refractivity contribution in [2.45, 2.75) is 39.5 Å². The molecule has 82 valence electrons. The van der Waals surface area contributed by atoms with Crippen LogP contribution < -0.4 is 24.8 Å². The quantitative estimate of drug-likeness (QED) is 0.476. The molecule has 15 heavy (non-hydrogen) atoms. The Balaban J connectivity index is -0.000000480. The van der Waals surface area contributed by atoms with Crippen molar-refractivity contribution in [3.05, 3.63) is 35.4 Å². The first-order valence-electron chi connectivity index (χ1n) is 4.63. The Bertz CT molecular complexity index is 249. The second kappa shape index (κ2) is 8.69. The topological polar surface area (TPSA) is 0 Å².